The Hall–Kier alpha value is -1.68. The van der Waals surface area contributed by atoms with E-state index in [1.807, 2.05) is 0 Å². The topological polar surface area (TPSA) is 99.2 Å². The van der Waals surface area contributed by atoms with Gasteiger partial charge in [-0.15, -0.1) is 0 Å². The first-order valence-corrected chi connectivity index (χ1v) is 8.70. The maximum Gasteiger partial charge on any atom is 0.340 e. The van der Waals surface area contributed by atoms with Gasteiger partial charge >= 0.3 is 22.2 Å². The average Bonchev–Trinajstić information content (AvgIpc) is 3.00. The number of benzene rings is 1. The lowest BCUT2D eigenvalue weighted by Gasteiger charge is -2.20. The lowest BCUT2D eigenvalue weighted by Crippen LogP contribution is -2.31. The third-order valence-corrected chi connectivity index (χ3v) is 5.78. The summed E-state index contributed by atoms with van der Waals surface area (Å²) < 4.78 is 40.1. The number of ether oxygens (including phenoxy) is 2. The minimum absolute atomic E-state index is 0.210. The molecule has 2 heterocycles. The van der Waals surface area contributed by atoms with Crippen molar-refractivity contribution in [2.45, 2.75) is 24.6 Å². The lowest BCUT2D eigenvalue weighted by atomic mass is 9.98. The van der Waals surface area contributed by atoms with E-state index in [-0.39, 0.29) is 6.42 Å². The van der Waals surface area contributed by atoms with E-state index < -0.39 is 40.4 Å². The molecule has 10 heteroatoms. The van der Waals surface area contributed by atoms with E-state index in [9.17, 15) is 18.0 Å². The van der Waals surface area contributed by atoms with Gasteiger partial charge in [-0.05, 0) is 23.3 Å². The number of esters is 2. The lowest BCUT2D eigenvalue weighted by molar-refractivity contribution is -0.149. The zero-order valence-corrected chi connectivity index (χ0v) is 14.3. The Morgan fingerprint density at radius 3 is 2.58 bits per heavy atom. The second-order valence-electron chi connectivity index (χ2n) is 5.34. The molecular weight excluding hydrogens is 362 g/mol. The molecule has 1 aromatic rings. The van der Waals surface area contributed by atoms with Gasteiger partial charge in [-0.3, -0.25) is 4.79 Å². The van der Waals surface area contributed by atoms with Crippen molar-refractivity contribution in [3.05, 3.63) is 34.3 Å². The fraction of sp³-hybridized carbons (Fsp3) is 0.429. The van der Waals surface area contributed by atoms with Gasteiger partial charge < -0.3 is 9.47 Å². The third-order valence-electron chi connectivity index (χ3n) is 4.10. The van der Waals surface area contributed by atoms with E-state index in [2.05, 4.69) is 9.47 Å². The molecule has 0 bridgehead atoms. The summed E-state index contributed by atoms with van der Waals surface area (Å²) >= 11 is 6.01. The molecule has 0 unspecified atom stereocenters. The summed E-state index contributed by atoms with van der Waals surface area (Å²) in [4.78, 5) is 23.7. The maximum atomic E-state index is 12.4. The summed E-state index contributed by atoms with van der Waals surface area (Å²) in [6.45, 7) is 0. The fourth-order valence-electron chi connectivity index (χ4n) is 3.12. The van der Waals surface area contributed by atoms with Gasteiger partial charge in [-0.25, -0.2) is 8.98 Å². The Morgan fingerprint density at radius 2 is 1.96 bits per heavy atom. The highest BCUT2D eigenvalue weighted by Crippen LogP contribution is 2.52. The van der Waals surface area contributed by atoms with Crippen molar-refractivity contribution in [2.24, 2.45) is 0 Å². The Balaban J connectivity index is 2.15. The van der Waals surface area contributed by atoms with Gasteiger partial charge in [0.15, 0.2) is 6.10 Å². The van der Waals surface area contributed by atoms with Crippen molar-refractivity contribution >= 4 is 33.8 Å². The van der Waals surface area contributed by atoms with Crippen LogP contribution in [0.1, 0.15) is 29.6 Å². The number of methoxy groups -OCH3 is 2. The molecule has 8 nitrogen and oxygen atoms in total. The molecular formula is C14H14ClNO7S. The van der Waals surface area contributed by atoms with Crippen LogP contribution in [0, 0.1) is 0 Å². The quantitative estimate of drug-likeness (QED) is 0.730. The number of carbonyl (C=O) groups excluding carboxylic acids is 2. The molecule has 0 spiro atoms. The molecule has 3 rings (SSSR count). The molecule has 2 aliphatic heterocycles. The predicted octanol–water partition coefficient (Wildman–Crippen LogP) is 1.12. The molecule has 0 N–H and O–H groups in total. The van der Waals surface area contributed by atoms with Gasteiger partial charge in [0.25, 0.3) is 0 Å². The number of halogens is 1. The zero-order valence-electron chi connectivity index (χ0n) is 12.8. The Bertz CT molecular complexity index is 809. The monoisotopic (exact) mass is 375 g/mol. The Labute approximate surface area is 143 Å². The average molecular weight is 376 g/mol. The smallest absolute Gasteiger partial charge is 0.340 e. The van der Waals surface area contributed by atoms with Crippen LogP contribution < -0.4 is 0 Å². The highest BCUT2D eigenvalue weighted by molar-refractivity contribution is 7.84. The van der Waals surface area contributed by atoms with Crippen LogP contribution in [0.25, 0.3) is 0 Å². The Kier molecular flexibility index (Phi) is 4.28. The van der Waals surface area contributed by atoms with Crippen LogP contribution >= 0.6 is 11.6 Å². The van der Waals surface area contributed by atoms with Crippen LogP contribution in [0.4, 0.5) is 0 Å². The van der Waals surface area contributed by atoms with Crippen molar-refractivity contribution in [3.63, 3.8) is 0 Å². The van der Waals surface area contributed by atoms with Crippen molar-refractivity contribution in [1.29, 1.82) is 0 Å². The molecule has 0 amide bonds. The van der Waals surface area contributed by atoms with Gasteiger partial charge in [-0.1, -0.05) is 17.7 Å². The highest BCUT2D eigenvalue weighted by Gasteiger charge is 2.59. The fourth-order valence-corrected chi connectivity index (χ4v) is 4.85. The molecule has 2 aliphatic rings. The molecule has 24 heavy (non-hydrogen) atoms. The third kappa shape index (κ3) is 2.57. The number of hydrogen-bond donors (Lipinski definition) is 0. The molecule has 0 saturated carbocycles. The standard InChI is InChI=1S/C14H14ClNO7S/c1-21-11(17)6-10-8-4-3-7(15)5-9(8)12-13(14(18)22-2)23-24(19,20)16(10)12/h3-5,10,12-13H,6H2,1-2H3/t10-,12+,13+/m0/s1. The molecule has 130 valence electrons. The molecule has 1 aromatic carbocycles. The summed E-state index contributed by atoms with van der Waals surface area (Å²) in [5.41, 5.74) is 1.09. The van der Waals surface area contributed by atoms with Crippen LogP contribution in [0.5, 0.6) is 0 Å². The van der Waals surface area contributed by atoms with E-state index in [0.717, 1.165) is 11.4 Å². The first kappa shape index (κ1) is 17.2. The molecule has 3 atom stereocenters. The van der Waals surface area contributed by atoms with Gasteiger partial charge in [0.2, 0.25) is 0 Å². The van der Waals surface area contributed by atoms with E-state index in [1.54, 1.807) is 18.2 Å². The summed E-state index contributed by atoms with van der Waals surface area (Å²) in [7, 11) is -1.88. The van der Waals surface area contributed by atoms with Gasteiger partial charge in [-0.2, -0.15) is 12.7 Å². The minimum atomic E-state index is -4.23. The summed E-state index contributed by atoms with van der Waals surface area (Å²) in [6.07, 6.45) is -1.57. The van der Waals surface area contributed by atoms with E-state index in [1.165, 1.54) is 7.11 Å². The number of hydrogen-bond acceptors (Lipinski definition) is 7. The molecule has 1 saturated heterocycles. The normalized spacial score (nSPS) is 27.4. The zero-order chi connectivity index (χ0) is 17.6. The van der Waals surface area contributed by atoms with Crippen molar-refractivity contribution < 1.29 is 31.7 Å². The summed E-state index contributed by atoms with van der Waals surface area (Å²) in [5.74, 6) is -1.41. The van der Waals surface area contributed by atoms with Crippen molar-refractivity contribution in [1.82, 2.24) is 4.31 Å². The van der Waals surface area contributed by atoms with Gasteiger partial charge in [0, 0.05) is 5.02 Å². The van der Waals surface area contributed by atoms with Crippen LogP contribution in [0.2, 0.25) is 5.02 Å². The van der Waals surface area contributed by atoms with Crippen molar-refractivity contribution in [2.75, 3.05) is 14.2 Å². The van der Waals surface area contributed by atoms with Crippen LogP contribution in [0.15, 0.2) is 18.2 Å². The number of rotatable bonds is 3. The van der Waals surface area contributed by atoms with Gasteiger partial charge in [0.1, 0.15) is 0 Å². The first-order chi connectivity index (χ1) is 11.3. The summed E-state index contributed by atoms with van der Waals surface area (Å²) in [5, 5.41) is 0.375. The Morgan fingerprint density at radius 1 is 1.25 bits per heavy atom. The molecule has 1 fully saturated rings. The van der Waals surface area contributed by atoms with Crippen LogP contribution in [-0.2, 0) is 33.6 Å². The van der Waals surface area contributed by atoms with E-state index in [4.69, 9.17) is 15.8 Å². The predicted molar refractivity (Wildman–Crippen MR) is 81.2 cm³/mol. The number of carbonyl (C=O) groups is 2. The van der Waals surface area contributed by atoms with E-state index >= 15 is 0 Å². The maximum absolute atomic E-state index is 12.4. The number of fused-ring (bicyclic) bond motifs is 3. The second kappa shape index (κ2) is 5.99. The second-order valence-corrected chi connectivity index (χ2v) is 7.25. The highest BCUT2D eigenvalue weighted by atomic mass is 35.5. The van der Waals surface area contributed by atoms with Crippen LogP contribution in [-0.4, -0.2) is 45.0 Å². The largest absolute Gasteiger partial charge is 0.469 e. The molecule has 0 aliphatic carbocycles. The first-order valence-electron chi connectivity index (χ1n) is 6.96. The SMILES string of the molecule is COC(=O)C[C@H]1c2ccc(Cl)cc2[C@@H]2[C@H](C(=O)OC)OS(=O)(=O)N21. The minimum Gasteiger partial charge on any atom is -0.469 e. The number of nitrogens with zero attached hydrogens (tertiary/aromatic N) is 1. The van der Waals surface area contributed by atoms with Gasteiger partial charge in [0.05, 0.1) is 32.7 Å². The molecule has 0 aromatic heterocycles. The summed E-state index contributed by atoms with van der Waals surface area (Å²) in [6, 6.07) is 3.01. The van der Waals surface area contributed by atoms with Crippen molar-refractivity contribution in [3.8, 4) is 0 Å². The van der Waals surface area contributed by atoms with Crippen LogP contribution in [0.3, 0.4) is 0 Å². The molecule has 0 radical (unpaired) electrons. The van der Waals surface area contributed by atoms with E-state index in [0.29, 0.717) is 16.1 Å².